The van der Waals surface area contributed by atoms with Crippen molar-refractivity contribution in [1.82, 2.24) is 5.32 Å². The Bertz CT molecular complexity index is 898. The van der Waals surface area contributed by atoms with Gasteiger partial charge < -0.3 is 11.1 Å². The fraction of sp³-hybridized carbons (Fsp3) is 0.167. The molecule has 5 N–H and O–H groups in total. The lowest BCUT2D eigenvalue weighted by atomic mass is 10.0. The fourth-order valence-electron chi connectivity index (χ4n) is 2.81. The number of nitro benzene ring substituents is 1. The summed E-state index contributed by atoms with van der Waals surface area (Å²) in [6.07, 6.45) is 3.06. The molecule has 0 amide bonds. The maximum atomic E-state index is 13.6. The molecule has 1 atom stereocenters. The van der Waals surface area contributed by atoms with E-state index < -0.39 is 22.2 Å². The Labute approximate surface area is 149 Å². The van der Waals surface area contributed by atoms with E-state index in [-0.39, 0.29) is 11.4 Å². The molecule has 0 aliphatic carbocycles. The standard InChI is InChI=1S/C18H18FN5O2/c19-15-9-7-13(10-16(15)24(25)26)18(21)22-14(11-17(20)23-18)8-6-12-4-2-1-3-5-12/h1-5,7,9-11,22H,6,8,21H2,(H2,20,23). The molecule has 7 nitrogen and oxygen atoms in total. The number of rotatable bonds is 5. The van der Waals surface area contributed by atoms with Crippen molar-refractivity contribution in [3.63, 3.8) is 0 Å². The van der Waals surface area contributed by atoms with Crippen molar-refractivity contribution in [2.24, 2.45) is 16.5 Å². The highest BCUT2D eigenvalue weighted by Crippen LogP contribution is 2.27. The van der Waals surface area contributed by atoms with Crippen molar-refractivity contribution in [2.45, 2.75) is 18.6 Å². The smallest absolute Gasteiger partial charge is 0.305 e. The van der Waals surface area contributed by atoms with Crippen molar-refractivity contribution in [3.8, 4) is 0 Å². The summed E-state index contributed by atoms with van der Waals surface area (Å²) in [6.45, 7) is 0. The molecule has 0 saturated heterocycles. The number of halogens is 1. The minimum atomic E-state index is -1.50. The summed E-state index contributed by atoms with van der Waals surface area (Å²) in [4.78, 5) is 14.3. The van der Waals surface area contributed by atoms with E-state index in [0.717, 1.165) is 29.8 Å². The Morgan fingerprint density at radius 2 is 1.92 bits per heavy atom. The zero-order valence-electron chi connectivity index (χ0n) is 13.9. The molecule has 0 aromatic heterocycles. The van der Waals surface area contributed by atoms with Crippen LogP contribution in [0.5, 0.6) is 0 Å². The van der Waals surface area contributed by atoms with Crippen LogP contribution >= 0.6 is 0 Å². The Morgan fingerprint density at radius 1 is 1.19 bits per heavy atom. The number of aliphatic imine (C=N–C) groups is 1. The Balaban J connectivity index is 1.84. The van der Waals surface area contributed by atoms with Crippen molar-refractivity contribution >= 4 is 11.5 Å². The van der Waals surface area contributed by atoms with Crippen molar-refractivity contribution in [2.75, 3.05) is 0 Å². The van der Waals surface area contributed by atoms with Crippen molar-refractivity contribution < 1.29 is 9.31 Å². The van der Waals surface area contributed by atoms with Crippen LogP contribution in [0.1, 0.15) is 17.5 Å². The third kappa shape index (κ3) is 3.70. The van der Waals surface area contributed by atoms with Crippen LogP contribution in [0, 0.1) is 15.9 Å². The molecule has 0 bridgehead atoms. The summed E-state index contributed by atoms with van der Waals surface area (Å²) in [6, 6.07) is 13.3. The fourth-order valence-corrected chi connectivity index (χ4v) is 2.81. The number of nitrogens with one attached hydrogen (secondary N) is 1. The zero-order valence-corrected chi connectivity index (χ0v) is 13.9. The molecule has 2 aromatic rings. The highest BCUT2D eigenvalue weighted by atomic mass is 19.1. The van der Waals surface area contributed by atoms with E-state index in [1.54, 1.807) is 6.08 Å². The van der Waals surface area contributed by atoms with Crippen LogP contribution in [0.2, 0.25) is 0 Å². The number of hydrogen-bond acceptors (Lipinski definition) is 6. The number of hydrogen-bond donors (Lipinski definition) is 3. The molecule has 8 heteroatoms. The van der Waals surface area contributed by atoms with Gasteiger partial charge in [0, 0.05) is 17.3 Å². The van der Waals surface area contributed by atoms with Gasteiger partial charge >= 0.3 is 5.69 Å². The molecule has 0 fully saturated rings. The average Bonchev–Trinajstić information content (AvgIpc) is 2.60. The number of nitro groups is 1. The second-order valence-corrected chi connectivity index (χ2v) is 6.01. The topological polar surface area (TPSA) is 120 Å². The number of aryl methyl sites for hydroxylation is 1. The number of allylic oxidation sites excluding steroid dienone is 1. The van der Waals surface area contributed by atoms with Gasteiger partial charge in [0.25, 0.3) is 0 Å². The highest BCUT2D eigenvalue weighted by molar-refractivity contribution is 5.93. The number of nitrogens with zero attached hydrogens (tertiary/aromatic N) is 2. The molecule has 1 aliphatic heterocycles. The SMILES string of the molecule is NC1=NC(N)(c2ccc(F)c([N+](=O)[O-])c2)NC(CCc2ccccc2)=C1. The quantitative estimate of drug-likeness (QED) is 0.561. The van der Waals surface area contributed by atoms with Crippen LogP contribution in [0.25, 0.3) is 0 Å². The van der Waals surface area contributed by atoms with Crippen LogP contribution in [0.3, 0.4) is 0 Å². The van der Waals surface area contributed by atoms with E-state index in [1.807, 2.05) is 30.3 Å². The van der Waals surface area contributed by atoms with Gasteiger partial charge in [0.1, 0.15) is 5.84 Å². The molecule has 0 radical (unpaired) electrons. The average molecular weight is 355 g/mol. The molecule has 1 heterocycles. The van der Waals surface area contributed by atoms with Crippen LogP contribution < -0.4 is 16.8 Å². The summed E-state index contributed by atoms with van der Waals surface area (Å²) in [5.74, 6) is -2.24. The summed E-state index contributed by atoms with van der Waals surface area (Å²) >= 11 is 0. The van der Waals surface area contributed by atoms with Gasteiger partial charge in [0.2, 0.25) is 11.6 Å². The molecule has 134 valence electrons. The second kappa shape index (κ2) is 6.93. The summed E-state index contributed by atoms with van der Waals surface area (Å²) in [5.41, 5.74) is 13.6. The summed E-state index contributed by atoms with van der Waals surface area (Å²) in [7, 11) is 0. The van der Waals surface area contributed by atoms with Gasteiger partial charge in [-0.2, -0.15) is 4.39 Å². The lowest BCUT2D eigenvalue weighted by Gasteiger charge is -2.32. The highest BCUT2D eigenvalue weighted by Gasteiger charge is 2.32. The van der Waals surface area contributed by atoms with E-state index >= 15 is 0 Å². The minimum Gasteiger partial charge on any atom is -0.384 e. The van der Waals surface area contributed by atoms with Gasteiger partial charge in [-0.25, -0.2) is 4.99 Å². The molecule has 26 heavy (non-hydrogen) atoms. The van der Waals surface area contributed by atoms with Gasteiger partial charge in [-0.3, -0.25) is 15.8 Å². The third-order valence-electron chi connectivity index (χ3n) is 4.09. The van der Waals surface area contributed by atoms with Crippen molar-refractivity contribution in [1.29, 1.82) is 0 Å². The van der Waals surface area contributed by atoms with E-state index in [2.05, 4.69) is 10.3 Å². The van der Waals surface area contributed by atoms with E-state index in [4.69, 9.17) is 11.5 Å². The molecular formula is C18H18FN5O2. The third-order valence-corrected chi connectivity index (χ3v) is 4.09. The Hall–Kier alpha value is -3.26. The van der Waals surface area contributed by atoms with Gasteiger partial charge in [-0.1, -0.05) is 30.3 Å². The number of nitrogens with two attached hydrogens (primary N) is 2. The first-order valence-electron chi connectivity index (χ1n) is 7.99. The molecule has 1 aliphatic rings. The van der Waals surface area contributed by atoms with Gasteiger partial charge in [0.05, 0.1) is 4.92 Å². The Kier molecular flexibility index (Phi) is 4.68. The van der Waals surface area contributed by atoms with E-state index in [0.29, 0.717) is 6.42 Å². The molecule has 3 rings (SSSR count). The first-order valence-corrected chi connectivity index (χ1v) is 7.99. The normalized spacial score (nSPS) is 19.3. The van der Waals surface area contributed by atoms with Gasteiger partial charge in [0.15, 0.2) is 0 Å². The number of benzene rings is 2. The first kappa shape index (κ1) is 17.6. The predicted molar refractivity (Wildman–Crippen MR) is 96.5 cm³/mol. The second-order valence-electron chi connectivity index (χ2n) is 6.01. The first-order chi connectivity index (χ1) is 12.4. The molecule has 2 aromatic carbocycles. The summed E-state index contributed by atoms with van der Waals surface area (Å²) < 4.78 is 13.6. The minimum absolute atomic E-state index is 0.196. The van der Waals surface area contributed by atoms with Gasteiger partial charge in [-0.15, -0.1) is 0 Å². The maximum Gasteiger partial charge on any atom is 0.305 e. The lowest BCUT2D eigenvalue weighted by Crippen LogP contribution is -2.51. The van der Waals surface area contributed by atoms with Crippen LogP contribution in [-0.4, -0.2) is 10.8 Å². The van der Waals surface area contributed by atoms with Crippen LogP contribution in [0.4, 0.5) is 10.1 Å². The zero-order chi connectivity index (χ0) is 18.7. The number of amidine groups is 1. The largest absolute Gasteiger partial charge is 0.384 e. The van der Waals surface area contributed by atoms with Crippen LogP contribution in [-0.2, 0) is 12.2 Å². The molecular weight excluding hydrogens is 337 g/mol. The maximum absolute atomic E-state index is 13.6. The summed E-state index contributed by atoms with van der Waals surface area (Å²) in [5, 5.41) is 14.0. The van der Waals surface area contributed by atoms with E-state index in [1.165, 1.54) is 6.07 Å². The van der Waals surface area contributed by atoms with Crippen molar-refractivity contribution in [3.05, 3.63) is 87.4 Å². The molecule has 0 saturated carbocycles. The lowest BCUT2D eigenvalue weighted by molar-refractivity contribution is -0.387. The molecule has 0 spiro atoms. The van der Waals surface area contributed by atoms with Crippen LogP contribution in [0.15, 0.2) is 65.3 Å². The predicted octanol–water partition coefficient (Wildman–Crippen LogP) is 2.28. The Morgan fingerprint density at radius 3 is 2.62 bits per heavy atom. The molecule has 1 unspecified atom stereocenters. The van der Waals surface area contributed by atoms with Gasteiger partial charge in [-0.05, 0) is 36.6 Å². The van der Waals surface area contributed by atoms with E-state index in [9.17, 15) is 14.5 Å². The monoisotopic (exact) mass is 355 g/mol.